The van der Waals surface area contributed by atoms with Crippen molar-refractivity contribution in [3.8, 4) is 33.6 Å². The van der Waals surface area contributed by atoms with Gasteiger partial charge in [0.2, 0.25) is 0 Å². The van der Waals surface area contributed by atoms with Gasteiger partial charge >= 0.3 is 0 Å². The highest BCUT2D eigenvalue weighted by molar-refractivity contribution is 6.22. The molecule has 0 bridgehead atoms. The first-order valence-corrected chi connectivity index (χ1v) is 16.5. The second kappa shape index (κ2) is 10.6. The van der Waals surface area contributed by atoms with Crippen LogP contribution in [0.1, 0.15) is 0 Å². The average molecular weight is 611 g/mol. The van der Waals surface area contributed by atoms with E-state index in [0.717, 1.165) is 0 Å². The maximum absolute atomic E-state index is 2.40. The number of fused-ring (bicyclic) bond motifs is 8. The molecule has 10 aromatic rings. The van der Waals surface area contributed by atoms with E-state index in [1.54, 1.807) is 0 Å². The zero-order valence-electron chi connectivity index (χ0n) is 26.2. The number of hydrogen-bond donors (Lipinski definition) is 0. The Balaban J connectivity index is 1.09. The van der Waals surface area contributed by atoms with E-state index in [4.69, 9.17) is 0 Å². The van der Waals surface area contributed by atoms with Crippen molar-refractivity contribution in [1.29, 1.82) is 0 Å². The van der Waals surface area contributed by atoms with Crippen LogP contribution in [0, 0.1) is 0 Å². The van der Waals surface area contributed by atoms with Gasteiger partial charge in [-0.05, 0) is 93.7 Å². The molecule has 0 aliphatic heterocycles. The smallest absolute Gasteiger partial charge is 0.0547 e. The van der Waals surface area contributed by atoms with E-state index in [1.807, 2.05) is 0 Å². The molecule has 0 N–H and O–H groups in total. The van der Waals surface area contributed by atoms with E-state index in [-0.39, 0.29) is 0 Å². The van der Waals surface area contributed by atoms with Crippen LogP contribution in [0.5, 0.6) is 0 Å². The van der Waals surface area contributed by atoms with Crippen molar-refractivity contribution in [2.24, 2.45) is 0 Å². The van der Waals surface area contributed by atoms with E-state index in [2.05, 4.69) is 191 Å². The summed E-state index contributed by atoms with van der Waals surface area (Å²) in [4.78, 5) is 0. The summed E-state index contributed by atoms with van der Waals surface area (Å²) in [5.41, 5.74) is 12.1. The molecule has 224 valence electrons. The first-order chi connectivity index (χ1) is 23.8. The lowest BCUT2D eigenvalue weighted by Gasteiger charge is -2.09. The van der Waals surface area contributed by atoms with Crippen LogP contribution in [-0.4, -0.2) is 9.13 Å². The minimum absolute atomic E-state index is 1.17. The Hall–Kier alpha value is -6.38. The van der Waals surface area contributed by atoms with Crippen molar-refractivity contribution in [1.82, 2.24) is 9.13 Å². The number of aromatic nitrogens is 2. The van der Waals surface area contributed by atoms with E-state index in [9.17, 15) is 0 Å². The van der Waals surface area contributed by atoms with Gasteiger partial charge in [0.25, 0.3) is 0 Å². The highest BCUT2D eigenvalue weighted by Gasteiger charge is 2.16. The summed E-state index contributed by atoms with van der Waals surface area (Å²) in [5.74, 6) is 0. The first kappa shape index (κ1) is 26.8. The van der Waals surface area contributed by atoms with Crippen LogP contribution in [0.15, 0.2) is 182 Å². The fraction of sp³-hybridized carbons (Fsp3) is 0. The van der Waals surface area contributed by atoms with Crippen LogP contribution in [0.3, 0.4) is 0 Å². The Bertz CT molecular complexity index is 2800. The van der Waals surface area contributed by atoms with Gasteiger partial charge in [-0.2, -0.15) is 0 Å². The molecule has 0 radical (unpaired) electrons. The monoisotopic (exact) mass is 610 g/mol. The number of nitrogens with zero attached hydrogens (tertiary/aromatic N) is 2. The van der Waals surface area contributed by atoms with Crippen molar-refractivity contribution in [2.45, 2.75) is 0 Å². The molecule has 0 aliphatic carbocycles. The van der Waals surface area contributed by atoms with Gasteiger partial charge in [0.1, 0.15) is 0 Å². The van der Waals surface area contributed by atoms with E-state index < -0.39 is 0 Å². The first-order valence-electron chi connectivity index (χ1n) is 16.5. The lowest BCUT2D eigenvalue weighted by atomic mass is 9.97. The maximum Gasteiger partial charge on any atom is 0.0547 e. The van der Waals surface area contributed by atoms with Crippen LogP contribution in [0.25, 0.3) is 88.0 Å². The van der Waals surface area contributed by atoms with Crippen molar-refractivity contribution < 1.29 is 0 Å². The molecule has 2 heteroatoms. The van der Waals surface area contributed by atoms with Gasteiger partial charge in [0, 0.05) is 32.9 Å². The predicted molar refractivity (Wildman–Crippen MR) is 203 cm³/mol. The summed E-state index contributed by atoms with van der Waals surface area (Å²) in [5, 5.41) is 7.65. The summed E-state index contributed by atoms with van der Waals surface area (Å²) in [6, 6.07) is 66.1. The Labute approximate surface area is 278 Å². The normalized spacial score (nSPS) is 11.8. The van der Waals surface area contributed by atoms with Crippen molar-refractivity contribution >= 4 is 54.4 Å². The minimum Gasteiger partial charge on any atom is -0.309 e. The van der Waals surface area contributed by atoms with Crippen LogP contribution in [-0.2, 0) is 0 Å². The number of rotatable bonds is 4. The summed E-state index contributed by atoms with van der Waals surface area (Å²) in [7, 11) is 0. The summed E-state index contributed by atoms with van der Waals surface area (Å²) < 4.78 is 4.76. The molecule has 2 nitrogen and oxygen atoms in total. The molecule has 2 heterocycles. The van der Waals surface area contributed by atoms with Crippen molar-refractivity contribution in [3.05, 3.63) is 182 Å². The zero-order chi connectivity index (χ0) is 31.6. The SMILES string of the molecule is c1ccc(-n2c3ccccc3c3cc(-c4ccc(-c5ccc6c(c5)c5c7ccccc7ccc5n6-c5ccccc5)cc4)ccc32)cc1. The van der Waals surface area contributed by atoms with Gasteiger partial charge in [-0.3, -0.25) is 0 Å². The Morgan fingerprint density at radius 2 is 0.729 bits per heavy atom. The molecule has 0 spiro atoms. The zero-order valence-corrected chi connectivity index (χ0v) is 26.2. The minimum atomic E-state index is 1.17. The molecule has 0 fully saturated rings. The molecule has 10 rings (SSSR count). The number of benzene rings is 8. The van der Waals surface area contributed by atoms with Gasteiger partial charge < -0.3 is 9.13 Å². The van der Waals surface area contributed by atoms with Gasteiger partial charge in [0.05, 0.1) is 22.1 Å². The standard InChI is InChI=1S/C46H30N2/c1-3-12-36(13-4-1)47-42-18-10-9-17-39(42)40-29-34(24-26-43(40)47)31-19-21-32(22-20-31)35-25-27-44-41(30-35)46-38-16-8-7-11-33(38)23-28-45(46)48(44)37-14-5-2-6-15-37/h1-30H. The molecular formula is C46H30N2. The van der Waals surface area contributed by atoms with Gasteiger partial charge in [-0.1, -0.05) is 121 Å². The van der Waals surface area contributed by atoms with Gasteiger partial charge in [0.15, 0.2) is 0 Å². The molecule has 0 atom stereocenters. The topological polar surface area (TPSA) is 9.86 Å². The Morgan fingerprint density at radius 1 is 0.271 bits per heavy atom. The molecule has 8 aromatic carbocycles. The lowest BCUT2D eigenvalue weighted by molar-refractivity contribution is 1.18. The fourth-order valence-electron chi connectivity index (χ4n) is 7.69. The molecule has 0 saturated carbocycles. The van der Waals surface area contributed by atoms with Gasteiger partial charge in [-0.25, -0.2) is 0 Å². The molecule has 0 amide bonds. The quantitative estimate of drug-likeness (QED) is 0.188. The van der Waals surface area contributed by atoms with Crippen molar-refractivity contribution in [2.75, 3.05) is 0 Å². The van der Waals surface area contributed by atoms with E-state index in [1.165, 1.54) is 88.0 Å². The second-order valence-corrected chi connectivity index (χ2v) is 12.6. The molecule has 0 unspecified atom stereocenters. The third-order valence-electron chi connectivity index (χ3n) is 9.91. The lowest BCUT2D eigenvalue weighted by Crippen LogP contribution is -1.93. The van der Waals surface area contributed by atoms with Gasteiger partial charge in [-0.15, -0.1) is 0 Å². The summed E-state index contributed by atoms with van der Waals surface area (Å²) in [6.07, 6.45) is 0. The van der Waals surface area contributed by atoms with Crippen molar-refractivity contribution in [3.63, 3.8) is 0 Å². The summed E-state index contributed by atoms with van der Waals surface area (Å²) >= 11 is 0. The highest BCUT2D eigenvalue weighted by Crippen LogP contribution is 2.40. The third kappa shape index (κ3) is 4.06. The number of hydrogen-bond acceptors (Lipinski definition) is 0. The van der Waals surface area contributed by atoms with Crippen LogP contribution in [0.2, 0.25) is 0 Å². The molecule has 0 saturated heterocycles. The Kier molecular flexibility index (Phi) is 5.91. The molecule has 48 heavy (non-hydrogen) atoms. The van der Waals surface area contributed by atoms with Crippen LogP contribution >= 0.6 is 0 Å². The van der Waals surface area contributed by atoms with Crippen LogP contribution in [0.4, 0.5) is 0 Å². The second-order valence-electron chi connectivity index (χ2n) is 12.6. The highest BCUT2D eigenvalue weighted by atomic mass is 15.0. The Morgan fingerprint density at radius 3 is 1.40 bits per heavy atom. The van der Waals surface area contributed by atoms with Crippen LogP contribution < -0.4 is 0 Å². The van der Waals surface area contributed by atoms with E-state index in [0.29, 0.717) is 0 Å². The molecule has 2 aromatic heterocycles. The average Bonchev–Trinajstić information content (AvgIpc) is 3.68. The summed E-state index contributed by atoms with van der Waals surface area (Å²) in [6.45, 7) is 0. The third-order valence-corrected chi connectivity index (χ3v) is 9.91. The molecule has 0 aliphatic rings. The molecular weight excluding hydrogens is 581 g/mol. The van der Waals surface area contributed by atoms with E-state index >= 15 is 0 Å². The number of para-hydroxylation sites is 3. The largest absolute Gasteiger partial charge is 0.309 e. The maximum atomic E-state index is 2.40. The predicted octanol–water partition coefficient (Wildman–Crippen LogP) is 12.4. The fourth-order valence-corrected chi connectivity index (χ4v) is 7.69.